The van der Waals surface area contributed by atoms with E-state index in [1.54, 1.807) is 6.07 Å². The number of Topliss-reactive ketones (excluding diaryl/α,β-unsaturated/α-hetero) is 1. The van der Waals surface area contributed by atoms with Crippen LogP contribution in [0.5, 0.6) is 5.75 Å². The van der Waals surface area contributed by atoms with Gasteiger partial charge in [0.1, 0.15) is 11.4 Å². The van der Waals surface area contributed by atoms with Crippen LogP contribution in [0.1, 0.15) is 67.4 Å². The lowest BCUT2D eigenvalue weighted by Gasteiger charge is -2.15. The molecule has 39 heavy (non-hydrogen) atoms. The Morgan fingerprint density at radius 2 is 1.92 bits per heavy atom. The molecule has 0 spiro atoms. The minimum atomic E-state index is -3.20. The number of fused-ring (bicyclic) bond motifs is 2. The second-order valence-electron chi connectivity index (χ2n) is 8.99. The van der Waals surface area contributed by atoms with E-state index in [2.05, 4.69) is 25.5 Å². The van der Waals surface area contributed by atoms with Crippen molar-refractivity contribution in [1.29, 1.82) is 0 Å². The molecule has 2 heterocycles. The molecule has 0 unspecified atom stereocenters. The molecule has 0 fully saturated rings. The Morgan fingerprint density at radius 1 is 1.10 bits per heavy atom. The van der Waals surface area contributed by atoms with Gasteiger partial charge >= 0.3 is 6.61 Å². The van der Waals surface area contributed by atoms with Crippen molar-refractivity contribution >= 4 is 23.2 Å². The quantitative estimate of drug-likeness (QED) is 0.328. The van der Waals surface area contributed by atoms with Gasteiger partial charge in [-0.15, -0.1) is 0 Å². The highest BCUT2D eigenvalue weighted by molar-refractivity contribution is 5.98. The van der Waals surface area contributed by atoms with Crippen molar-refractivity contribution in [2.45, 2.75) is 39.0 Å². The summed E-state index contributed by atoms with van der Waals surface area (Å²) in [5.41, 5.74) is 3.12. The molecule has 0 saturated carbocycles. The molecular weight excluding hydrogens is 515 g/mol. The summed E-state index contributed by atoms with van der Waals surface area (Å²) in [6.45, 7) is -1.83. The summed E-state index contributed by atoms with van der Waals surface area (Å²) < 4.78 is 44.2. The number of amides is 2. The van der Waals surface area contributed by atoms with Gasteiger partial charge < -0.3 is 15.4 Å². The lowest BCUT2D eigenvalue weighted by Crippen LogP contribution is -2.30. The predicted molar refractivity (Wildman–Crippen MR) is 132 cm³/mol. The third kappa shape index (κ3) is 5.44. The number of ketones is 1. The highest BCUT2D eigenvalue weighted by Gasteiger charge is 2.27. The summed E-state index contributed by atoms with van der Waals surface area (Å²) in [6, 6.07) is 11.3. The molecule has 2 aromatic carbocycles. The van der Waals surface area contributed by atoms with Crippen LogP contribution in [0.3, 0.4) is 0 Å². The van der Waals surface area contributed by atoms with Crippen molar-refractivity contribution in [3.63, 3.8) is 0 Å². The average Bonchev–Trinajstić information content (AvgIpc) is 3.54. The van der Waals surface area contributed by atoms with Crippen LogP contribution in [0.2, 0.25) is 0 Å². The normalized spacial score (nSPS) is 14.3. The summed E-state index contributed by atoms with van der Waals surface area (Å²) in [6.07, 6.45) is 2.80. The number of carbonyl (C=O) groups is 3. The fourth-order valence-electron chi connectivity index (χ4n) is 4.53. The average molecular weight is 537 g/mol. The zero-order valence-corrected chi connectivity index (χ0v) is 20.6. The highest BCUT2D eigenvalue weighted by Crippen LogP contribution is 2.32. The van der Waals surface area contributed by atoms with E-state index in [9.17, 15) is 27.6 Å². The summed E-state index contributed by atoms with van der Waals surface area (Å²) >= 11 is 0. The van der Waals surface area contributed by atoms with Gasteiger partial charge in [0.2, 0.25) is 0 Å². The van der Waals surface area contributed by atoms with Crippen LogP contribution < -0.4 is 15.4 Å². The summed E-state index contributed by atoms with van der Waals surface area (Å²) in [5, 5.41) is 9.70. The van der Waals surface area contributed by atoms with Crippen molar-refractivity contribution in [1.82, 2.24) is 25.2 Å². The van der Waals surface area contributed by atoms with Crippen LogP contribution in [0, 0.1) is 5.82 Å². The fourth-order valence-corrected chi connectivity index (χ4v) is 4.53. The number of hydrogen-bond acceptors (Lipinski definition) is 6. The molecule has 0 aliphatic heterocycles. The molecule has 12 heteroatoms. The minimum Gasteiger partial charge on any atom is -0.432 e. The molecule has 2 aromatic heterocycles. The largest absolute Gasteiger partial charge is 0.432 e. The zero-order chi connectivity index (χ0) is 27.7. The number of ether oxygens (including phenoxy) is 1. The van der Waals surface area contributed by atoms with Crippen molar-refractivity contribution in [2.24, 2.45) is 0 Å². The molecule has 2 N–H and O–H groups in total. The van der Waals surface area contributed by atoms with Gasteiger partial charge in [-0.3, -0.25) is 14.4 Å². The number of nitrogens with one attached hydrogen (secondary N) is 2. The van der Waals surface area contributed by atoms with Crippen LogP contribution in [-0.2, 0) is 13.0 Å². The van der Waals surface area contributed by atoms with Gasteiger partial charge in [-0.1, -0.05) is 18.2 Å². The van der Waals surface area contributed by atoms with Crippen LogP contribution in [0.15, 0.2) is 54.7 Å². The smallest absolute Gasteiger partial charge is 0.387 e. The number of nitrogens with zero attached hydrogens (tertiary/aromatic N) is 3. The third-order valence-corrected chi connectivity index (χ3v) is 6.42. The maximum atomic E-state index is 13.7. The van der Waals surface area contributed by atoms with E-state index in [-0.39, 0.29) is 35.4 Å². The fraction of sp³-hybridized carbons (Fsp3) is 0.222. The molecule has 2 amide bonds. The monoisotopic (exact) mass is 537 g/mol. The zero-order valence-electron chi connectivity index (χ0n) is 20.6. The Kier molecular flexibility index (Phi) is 7.01. The van der Waals surface area contributed by atoms with E-state index in [1.807, 2.05) is 12.1 Å². The van der Waals surface area contributed by atoms with E-state index in [1.165, 1.54) is 35.8 Å². The van der Waals surface area contributed by atoms with Crippen molar-refractivity contribution < 1.29 is 32.3 Å². The van der Waals surface area contributed by atoms with Crippen molar-refractivity contribution in [3.05, 3.63) is 94.2 Å². The van der Waals surface area contributed by atoms with Gasteiger partial charge in [0, 0.05) is 24.2 Å². The van der Waals surface area contributed by atoms with Crippen LogP contribution in [0.4, 0.5) is 13.2 Å². The molecule has 1 aliphatic carbocycles. The Balaban J connectivity index is 1.33. The third-order valence-electron chi connectivity index (χ3n) is 6.42. The summed E-state index contributed by atoms with van der Waals surface area (Å²) in [4.78, 5) is 42.2. The molecule has 9 nitrogen and oxygen atoms in total. The van der Waals surface area contributed by atoms with Gasteiger partial charge in [0.05, 0.1) is 12.2 Å². The standard InChI is InChI=1S/C27H22F3N5O4/c1-14(36)16-3-5-18-17(11-16)4-7-20(18)34-26(38)22-12-21(33-24-8-9-32-35(22)24)25(37)31-13-15-2-6-19(28)23(10-15)39-27(29)30/h2-3,5-6,8-12,20,27H,4,7,13H2,1H3,(H,31,37)(H,34,38)/t20-/m0/s1. The Bertz CT molecular complexity index is 1600. The number of benzene rings is 2. The van der Waals surface area contributed by atoms with Gasteiger partial charge in [0.25, 0.3) is 11.8 Å². The molecule has 1 aliphatic rings. The Hall–Kier alpha value is -4.74. The number of carbonyl (C=O) groups excluding carboxylic acids is 3. The lowest BCUT2D eigenvalue weighted by atomic mass is 10.0. The number of halogens is 3. The molecule has 0 saturated heterocycles. The molecule has 5 rings (SSSR count). The lowest BCUT2D eigenvalue weighted by molar-refractivity contribution is -0.0522. The van der Waals surface area contributed by atoms with Gasteiger partial charge in [0.15, 0.2) is 23.0 Å². The Morgan fingerprint density at radius 3 is 2.69 bits per heavy atom. The number of hydrogen-bond donors (Lipinski definition) is 2. The van der Waals surface area contributed by atoms with Gasteiger partial charge in [-0.05, 0) is 54.7 Å². The maximum absolute atomic E-state index is 13.7. The topological polar surface area (TPSA) is 115 Å². The molecule has 1 atom stereocenters. The van der Waals surface area contributed by atoms with Gasteiger partial charge in [-0.25, -0.2) is 13.9 Å². The first-order valence-electron chi connectivity index (χ1n) is 12.0. The van der Waals surface area contributed by atoms with Crippen molar-refractivity contribution in [2.75, 3.05) is 0 Å². The minimum absolute atomic E-state index is 0.0321. The van der Waals surface area contributed by atoms with E-state index in [0.717, 1.165) is 23.3 Å². The maximum Gasteiger partial charge on any atom is 0.387 e. The molecule has 4 aromatic rings. The molecular formula is C27H22F3N5O4. The first-order valence-corrected chi connectivity index (χ1v) is 12.0. The second-order valence-corrected chi connectivity index (χ2v) is 8.99. The molecule has 0 radical (unpaired) electrons. The second kappa shape index (κ2) is 10.6. The van der Waals surface area contributed by atoms with Gasteiger partial charge in [-0.2, -0.15) is 13.9 Å². The highest BCUT2D eigenvalue weighted by atomic mass is 19.3. The van der Waals surface area contributed by atoms with E-state index in [4.69, 9.17) is 0 Å². The first kappa shape index (κ1) is 25.9. The first-order chi connectivity index (χ1) is 18.7. The molecule has 200 valence electrons. The van der Waals surface area contributed by atoms with Crippen LogP contribution in [0.25, 0.3) is 5.65 Å². The van der Waals surface area contributed by atoms with E-state index >= 15 is 0 Å². The van der Waals surface area contributed by atoms with E-state index < -0.39 is 30.0 Å². The summed E-state index contributed by atoms with van der Waals surface area (Å²) in [5.74, 6) is -2.74. The van der Waals surface area contributed by atoms with E-state index in [0.29, 0.717) is 24.0 Å². The predicted octanol–water partition coefficient (Wildman–Crippen LogP) is 4.02. The number of aromatic nitrogens is 3. The molecule has 0 bridgehead atoms. The number of rotatable bonds is 8. The number of alkyl halides is 2. The van der Waals surface area contributed by atoms with Crippen molar-refractivity contribution in [3.8, 4) is 5.75 Å². The summed E-state index contributed by atoms with van der Waals surface area (Å²) in [7, 11) is 0. The van der Waals surface area contributed by atoms with Crippen LogP contribution >= 0.6 is 0 Å². The Labute approximate surface area is 220 Å². The van der Waals surface area contributed by atoms with Crippen LogP contribution in [-0.4, -0.2) is 38.8 Å². The number of aryl methyl sites for hydroxylation is 1. The SMILES string of the molecule is CC(=O)c1ccc2c(c1)CC[C@@H]2NC(=O)c1cc(C(=O)NCc2ccc(F)c(OC(F)F)c2)nc2ccnn12.